The first-order valence-corrected chi connectivity index (χ1v) is 5.90. The van der Waals surface area contributed by atoms with Gasteiger partial charge in [-0.2, -0.15) is 0 Å². The van der Waals surface area contributed by atoms with Crippen LogP contribution in [0.25, 0.3) is 0 Å². The maximum atomic E-state index is 11.4. The Bertz CT molecular complexity index is 250. The lowest BCUT2D eigenvalue weighted by molar-refractivity contribution is -0.154. The third-order valence-electron chi connectivity index (χ3n) is 1.89. The second kappa shape index (κ2) is 6.48. The smallest absolute Gasteiger partial charge is 0.371 e. The standard InChI is InChI=1S/C8H13O6P/c1-3-14-4-15(13)5(2)6(7(9)10)8(11)12/h5-6H,3-4H2,1-2H3,(H-,9,10,11,12)/p+1. The Hall–Kier alpha value is -1.00. The van der Waals surface area contributed by atoms with Crippen LogP contribution in [-0.2, 0) is 18.9 Å². The molecule has 2 N–H and O–H groups in total. The van der Waals surface area contributed by atoms with Crippen molar-refractivity contribution < 1.29 is 29.1 Å². The van der Waals surface area contributed by atoms with E-state index in [2.05, 4.69) is 0 Å². The van der Waals surface area contributed by atoms with Crippen LogP contribution >= 0.6 is 7.80 Å². The Morgan fingerprint density at radius 2 is 1.80 bits per heavy atom. The molecule has 0 heterocycles. The summed E-state index contributed by atoms with van der Waals surface area (Å²) in [6.07, 6.45) is -0.107. The molecule has 0 aliphatic heterocycles. The zero-order valence-electron chi connectivity index (χ0n) is 8.54. The molecule has 0 spiro atoms. The van der Waals surface area contributed by atoms with Crippen LogP contribution in [-0.4, -0.2) is 40.8 Å². The molecule has 0 aromatic rings. The average Bonchev–Trinajstić information content (AvgIpc) is 2.12. The molecular formula is C8H14O6P+. The zero-order chi connectivity index (χ0) is 12.0. The van der Waals surface area contributed by atoms with Gasteiger partial charge in [-0.05, 0) is 13.8 Å². The van der Waals surface area contributed by atoms with Gasteiger partial charge >= 0.3 is 19.7 Å². The highest BCUT2D eigenvalue weighted by molar-refractivity contribution is 7.45. The molecule has 0 aromatic carbocycles. The Balaban J connectivity index is 4.50. The first-order chi connectivity index (χ1) is 6.91. The van der Waals surface area contributed by atoms with Gasteiger partial charge in [-0.3, -0.25) is 9.59 Å². The van der Waals surface area contributed by atoms with Gasteiger partial charge < -0.3 is 14.9 Å². The van der Waals surface area contributed by atoms with Crippen molar-refractivity contribution in [3.63, 3.8) is 0 Å². The van der Waals surface area contributed by atoms with Gasteiger partial charge in [0, 0.05) is 6.61 Å². The Morgan fingerprint density at radius 3 is 2.13 bits per heavy atom. The van der Waals surface area contributed by atoms with E-state index in [1.807, 2.05) is 0 Å². The van der Waals surface area contributed by atoms with Crippen LogP contribution < -0.4 is 0 Å². The highest BCUT2D eigenvalue weighted by Gasteiger charge is 2.43. The monoisotopic (exact) mass is 237 g/mol. The van der Waals surface area contributed by atoms with Crippen LogP contribution in [0.15, 0.2) is 0 Å². The highest BCUT2D eigenvalue weighted by atomic mass is 31.1. The molecule has 86 valence electrons. The summed E-state index contributed by atoms with van der Waals surface area (Å²) in [7, 11) is -1.99. The SMILES string of the molecule is CCOC[P+](=O)C(C)C(C(=O)O)C(=O)O. The molecule has 0 aromatic heterocycles. The second-order valence-corrected chi connectivity index (χ2v) is 4.84. The number of ether oxygens (including phenoxy) is 1. The van der Waals surface area contributed by atoms with Crippen LogP contribution in [0.2, 0.25) is 0 Å². The molecular weight excluding hydrogens is 223 g/mol. The summed E-state index contributed by atoms with van der Waals surface area (Å²) in [5.41, 5.74) is -0.943. The van der Waals surface area contributed by atoms with Gasteiger partial charge in [0.25, 0.3) is 0 Å². The molecule has 0 rings (SSSR count). The average molecular weight is 237 g/mol. The highest BCUT2D eigenvalue weighted by Crippen LogP contribution is 2.33. The lowest BCUT2D eigenvalue weighted by Crippen LogP contribution is -2.31. The van der Waals surface area contributed by atoms with E-state index in [1.165, 1.54) is 6.92 Å². The van der Waals surface area contributed by atoms with E-state index in [4.69, 9.17) is 14.9 Å². The molecule has 2 unspecified atom stereocenters. The number of rotatable bonds is 7. The van der Waals surface area contributed by atoms with Gasteiger partial charge in [0.15, 0.2) is 11.6 Å². The van der Waals surface area contributed by atoms with Crippen molar-refractivity contribution in [3.05, 3.63) is 0 Å². The molecule has 0 fully saturated rings. The summed E-state index contributed by atoms with van der Waals surface area (Å²) in [6, 6.07) is 0. The number of carboxylic acids is 2. The molecule has 0 aliphatic rings. The van der Waals surface area contributed by atoms with Gasteiger partial charge in [0.1, 0.15) is 0 Å². The fourth-order valence-corrected chi connectivity index (χ4v) is 2.17. The Kier molecular flexibility index (Phi) is 6.05. The number of aliphatic carboxylic acids is 2. The number of hydrogen-bond donors (Lipinski definition) is 2. The normalized spacial score (nSPS) is 13.7. The van der Waals surface area contributed by atoms with E-state index in [9.17, 15) is 14.2 Å². The van der Waals surface area contributed by atoms with Crippen LogP contribution in [0, 0.1) is 5.92 Å². The van der Waals surface area contributed by atoms with E-state index < -0.39 is 31.3 Å². The van der Waals surface area contributed by atoms with Crippen molar-refractivity contribution in [1.82, 2.24) is 0 Å². The minimum atomic E-state index is -1.99. The topological polar surface area (TPSA) is 101 Å². The fraction of sp³-hybridized carbons (Fsp3) is 0.750. The van der Waals surface area contributed by atoms with Crippen LogP contribution in [0.3, 0.4) is 0 Å². The van der Waals surface area contributed by atoms with Crippen molar-refractivity contribution in [2.24, 2.45) is 5.92 Å². The van der Waals surface area contributed by atoms with Crippen molar-refractivity contribution in [1.29, 1.82) is 0 Å². The predicted octanol–water partition coefficient (Wildman–Crippen LogP) is 0.982. The van der Waals surface area contributed by atoms with Gasteiger partial charge in [-0.25, -0.2) is 0 Å². The van der Waals surface area contributed by atoms with E-state index in [0.29, 0.717) is 6.61 Å². The minimum Gasteiger partial charge on any atom is -0.480 e. The molecule has 0 bridgehead atoms. The van der Waals surface area contributed by atoms with Crippen LogP contribution in [0.5, 0.6) is 0 Å². The first kappa shape index (κ1) is 14.0. The van der Waals surface area contributed by atoms with Crippen molar-refractivity contribution >= 4 is 19.7 Å². The molecule has 15 heavy (non-hydrogen) atoms. The molecule has 0 saturated heterocycles. The van der Waals surface area contributed by atoms with Gasteiger partial charge in [0.05, 0.1) is 0 Å². The van der Waals surface area contributed by atoms with Crippen molar-refractivity contribution in [2.75, 3.05) is 13.0 Å². The number of hydrogen-bond acceptors (Lipinski definition) is 4. The molecule has 0 radical (unpaired) electrons. The number of carbonyl (C=O) groups is 2. The summed E-state index contributed by atoms with van der Waals surface area (Å²) in [6.45, 7) is 3.41. The Morgan fingerprint density at radius 1 is 1.33 bits per heavy atom. The zero-order valence-corrected chi connectivity index (χ0v) is 9.44. The fourth-order valence-electron chi connectivity index (χ4n) is 0.983. The van der Waals surface area contributed by atoms with Gasteiger partial charge in [0.2, 0.25) is 6.35 Å². The predicted molar refractivity (Wildman–Crippen MR) is 52.3 cm³/mol. The van der Waals surface area contributed by atoms with Crippen LogP contribution in [0.1, 0.15) is 13.8 Å². The van der Waals surface area contributed by atoms with E-state index >= 15 is 0 Å². The van der Waals surface area contributed by atoms with E-state index in [-0.39, 0.29) is 6.35 Å². The molecule has 0 aliphatic carbocycles. The summed E-state index contributed by atoms with van der Waals surface area (Å²) < 4.78 is 16.3. The third kappa shape index (κ3) is 4.36. The third-order valence-corrected chi connectivity index (χ3v) is 3.54. The van der Waals surface area contributed by atoms with Crippen molar-refractivity contribution in [2.45, 2.75) is 19.5 Å². The van der Waals surface area contributed by atoms with E-state index in [1.54, 1.807) is 6.92 Å². The maximum absolute atomic E-state index is 11.4. The largest absolute Gasteiger partial charge is 0.480 e. The maximum Gasteiger partial charge on any atom is 0.371 e. The lowest BCUT2D eigenvalue weighted by Gasteiger charge is -2.07. The number of carboxylic acid groups (broad SMARTS) is 2. The quantitative estimate of drug-likeness (QED) is 0.505. The molecule has 6 nitrogen and oxygen atoms in total. The van der Waals surface area contributed by atoms with Gasteiger partial charge in [-0.15, -0.1) is 0 Å². The summed E-state index contributed by atoms with van der Waals surface area (Å²) in [5, 5.41) is 17.3. The lowest BCUT2D eigenvalue weighted by atomic mass is 10.1. The summed E-state index contributed by atoms with van der Waals surface area (Å²) >= 11 is 0. The van der Waals surface area contributed by atoms with Crippen LogP contribution in [0.4, 0.5) is 0 Å². The summed E-state index contributed by atoms with van der Waals surface area (Å²) in [4.78, 5) is 21.2. The van der Waals surface area contributed by atoms with Gasteiger partial charge in [-0.1, -0.05) is 4.57 Å². The Labute approximate surface area is 88.0 Å². The molecule has 2 atom stereocenters. The minimum absolute atomic E-state index is 0.107. The summed E-state index contributed by atoms with van der Waals surface area (Å²) in [5.74, 6) is -4.60. The molecule has 0 amide bonds. The molecule has 7 heteroatoms. The first-order valence-electron chi connectivity index (χ1n) is 4.38. The van der Waals surface area contributed by atoms with E-state index in [0.717, 1.165) is 0 Å². The molecule has 0 saturated carbocycles. The van der Waals surface area contributed by atoms with Crippen molar-refractivity contribution in [3.8, 4) is 0 Å². The second-order valence-electron chi connectivity index (χ2n) is 2.93.